The van der Waals surface area contributed by atoms with Crippen LogP contribution in [0.5, 0.6) is 5.75 Å². The molecule has 3 heteroatoms. The van der Waals surface area contributed by atoms with Crippen molar-refractivity contribution in [3.8, 4) is 5.75 Å². The van der Waals surface area contributed by atoms with E-state index in [0.717, 1.165) is 24.9 Å². The van der Waals surface area contributed by atoms with E-state index in [4.69, 9.17) is 0 Å². The van der Waals surface area contributed by atoms with Crippen molar-refractivity contribution in [2.45, 2.75) is 45.6 Å². The van der Waals surface area contributed by atoms with Gasteiger partial charge in [-0.05, 0) is 37.3 Å². The van der Waals surface area contributed by atoms with E-state index in [1.165, 1.54) is 0 Å². The van der Waals surface area contributed by atoms with Gasteiger partial charge in [-0.15, -0.1) is 0 Å². The average Bonchev–Trinajstić information content (AvgIpc) is 2.74. The normalized spacial score (nSPS) is 19.6. The molecular weight excluding hydrogens is 226 g/mol. The summed E-state index contributed by atoms with van der Waals surface area (Å²) in [5, 5.41) is 10.2. The number of benzene rings is 1. The van der Waals surface area contributed by atoms with Gasteiger partial charge >= 0.3 is 0 Å². The first-order valence-electron chi connectivity index (χ1n) is 6.65. The maximum atomic E-state index is 12.4. The average molecular weight is 247 g/mol. The number of phenols is 1. The molecule has 1 heterocycles. The Morgan fingerprint density at radius 3 is 2.72 bits per heavy atom. The van der Waals surface area contributed by atoms with Crippen LogP contribution in [0.2, 0.25) is 0 Å². The summed E-state index contributed by atoms with van der Waals surface area (Å²) in [7, 11) is 0. The van der Waals surface area contributed by atoms with Crippen LogP contribution >= 0.6 is 0 Å². The van der Waals surface area contributed by atoms with Crippen LogP contribution in [0, 0.1) is 0 Å². The molecule has 1 aromatic rings. The van der Waals surface area contributed by atoms with Gasteiger partial charge in [-0.3, -0.25) is 4.79 Å². The molecule has 2 rings (SSSR count). The molecule has 1 aliphatic heterocycles. The summed E-state index contributed by atoms with van der Waals surface area (Å²) in [5.41, 5.74) is 1.28. The minimum absolute atomic E-state index is 0.0417. The standard InChI is InChI=1S/C15H21NO2/c1-10(2)12-7-4-8-13(14(12)17)15(18)16-9-5-6-11(16)3/h4,7-8,10-11,17H,5-6,9H2,1-3H3. The second kappa shape index (κ2) is 5.01. The van der Waals surface area contributed by atoms with E-state index >= 15 is 0 Å². The molecular formula is C15H21NO2. The summed E-state index contributed by atoms with van der Waals surface area (Å²) in [5.74, 6) is 0.324. The van der Waals surface area contributed by atoms with Crippen LogP contribution in [0.4, 0.5) is 0 Å². The van der Waals surface area contributed by atoms with Gasteiger partial charge in [0.05, 0.1) is 5.56 Å². The summed E-state index contributed by atoms with van der Waals surface area (Å²) in [6, 6.07) is 5.72. The summed E-state index contributed by atoms with van der Waals surface area (Å²) < 4.78 is 0. The van der Waals surface area contributed by atoms with E-state index in [0.29, 0.717) is 5.56 Å². The van der Waals surface area contributed by atoms with Gasteiger partial charge in [0.2, 0.25) is 0 Å². The molecule has 0 radical (unpaired) electrons. The summed E-state index contributed by atoms with van der Waals surface area (Å²) in [6.45, 7) is 6.89. The first kappa shape index (κ1) is 12.9. The Kier molecular flexibility index (Phi) is 3.60. The Hall–Kier alpha value is -1.51. The van der Waals surface area contributed by atoms with Gasteiger partial charge in [0.15, 0.2) is 0 Å². The van der Waals surface area contributed by atoms with Gasteiger partial charge in [0, 0.05) is 12.6 Å². The molecule has 1 atom stereocenters. The number of para-hydroxylation sites is 1. The van der Waals surface area contributed by atoms with Gasteiger partial charge in [-0.25, -0.2) is 0 Å². The predicted octanol–water partition coefficient (Wildman–Crippen LogP) is 3.14. The third-order valence-electron chi connectivity index (χ3n) is 3.73. The van der Waals surface area contributed by atoms with Crippen molar-refractivity contribution < 1.29 is 9.90 Å². The van der Waals surface area contributed by atoms with Crippen LogP contribution in [0.1, 0.15) is 55.5 Å². The molecule has 1 N–H and O–H groups in total. The maximum absolute atomic E-state index is 12.4. The fourth-order valence-corrected chi connectivity index (χ4v) is 2.59. The zero-order valence-corrected chi connectivity index (χ0v) is 11.3. The second-order valence-electron chi connectivity index (χ2n) is 5.39. The largest absolute Gasteiger partial charge is 0.507 e. The number of nitrogens with zero attached hydrogens (tertiary/aromatic N) is 1. The zero-order valence-electron chi connectivity index (χ0n) is 11.3. The Morgan fingerprint density at radius 1 is 1.44 bits per heavy atom. The van der Waals surface area contributed by atoms with Gasteiger partial charge in [0.1, 0.15) is 5.75 Å². The molecule has 1 unspecified atom stereocenters. The quantitative estimate of drug-likeness (QED) is 0.872. The topological polar surface area (TPSA) is 40.5 Å². The number of carbonyl (C=O) groups excluding carboxylic acids is 1. The monoisotopic (exact) mass is 247 g/mol. The smallest absolute Gasteiger partial charge is 0.257 e. The summed E-state index contributed by atoms with van der Waals surface area (Å²) >= 11 is 0. The Balaban J connectivity index is 2.33. The van der Waals surface area contributed by atoms with Gasteiger partial charge < -0.3 is 10.0 Å². The molecule has 3 nitrogen and oxygen atoms in total. The van der Waals surface area contributed by atoms with E-state index in [9.17, 15) is 9.90 Å². The van der Waals surface area contributed by atoms with Gasteiger partial charge in [-0.1, -0.05) is 26.0 Å². The van der Waals surface area contributed by atoms with Crippen LogP contribution in [0.3, 0.4) is 0 Å². The lowest BCUT2D eigenvalue weighted by Crippen LogP contribution is -2.33. The first-order valence-corrected chi connectivity index (χ1v) is 6.65. The number of likely N-dealkylation sites (tertiary alicyclic amines) is 1. The van der Waals surface area contributed by atoms with E-state index in [2.05, 4.69) is 6.92 Å². The fourth-order valence-electron chi connectivity index (χ4n) is 2.59. The van der Waals surface area contributed by atoms with E-state index < -0.39 is 0 Å². The molecule has 98 valence electrons. The number of hydrogen-bond acceptors (Lipinski definition) is 2. The number of rotatable bonds is 2. The lowest BCUT2D eigenvalue weighted by molar-refractivity contribution is 0.0744. The fraction of sp³-hybridized carbons (Fsp3) is 0.533. The lowest BCUT2D eigenvalue weighted by Gasteiger charge is -2.22. The third kappa shape index (κ3) is 2.22. The Labute approximate surface area is 108 Å². The number of phenolic OH excluding ortho intramolecular Hbond substituents is 1. The van der Waals surface area contributed by atoms with Gasteiger partial charge in [0.25, 0.3) is 5.91 Å². The van der Waals surface area contributed by atoms with Crippen LogP contribution in [-0.2, 0) is 0 Å². The molecule has 0 aliphatic carbocycles. The minimum Gasteiger partial charge on any atom is -0.507 e. The van der Waals surface area contributed by atoms with E-state index in [1.54, 1.807) is 6.07 Å². The molecule has 0 saturated carbocycles. The highest BCUT2D eigenvalue weighted by molar-refractivity contribution is 5.97. The predicted molar refractivity (Wildman–Crippen MR) is 71.9 cm³/mol. The number of carbonyl (C=O) groups is 1. The Morgan fingerprint density at radius 2 is 2.17 bits per heavy atom. The molecule has 0 bridgehead atoms. The molecule has 0 spiro atoms. The van der Waals surface area contributed by atoms with E-state index in [1.807, 2.05) is 30.9 Å². The maximum Gasteiger partial charge on any atom is 0.257 e. The van der Waals surface area contributed by atoms with Crippen molar-refractivity contribution in [2.24, 2.45) is 0 Å². The van der Waals surface area contributed by atoms with Crippen LogP contribution in [-0.4, -0.2) is 28.5 Å². The van der Waals surface area contributed by atoms with Crippen LogP contribution < -0.4 is 0 Å². The minimum atomic E-state index is -0.0417. The van der Waals surface area contributed by atoms with Crippen molar-refractivity contribution >= 4 is 5.91 Å². The van der Waals surface area contributed by atoms with Crippen molar-refractivity contribution in [3.05, 3.63) is 29.3 Å². The highest BCUT2D eigenvalue weighted by Gasteiger charge is 2.28. The molecule has 18 heavy (non-hydrogen) atoms. The Bertz CT molecular complexity index is 454. The van der Waals surface area contributed by atoms with E-state index in [-0.39, 0.29) is 23.6 Å². The molecule has 1 aliphatic rings. The number of amides is 1. The first-order chi connectivity index (χ1) is 8.52. The van der Waals surface area contributed by atoms with Crippen molar-refractivity contribution in [1.82, 2.24) is 4.90 Å². The van der Waals surface area contributed by atoms with Crippen molar-refractivity contribution in [1.29, 1.82) is 0 Å². The molecule has 0 aromatic heterocycles. The molecule has 1 aromatic carbocycles. The molecule has 1 saturated heterocycles. The van der Waals surface area contributed by atoms with Crippen molar-refractivity contribution in [2.75, 3.05) is 6.54 Å². The van der Waals surface area contributed by atoms with Crippen LogP contribution in [0.25, 0.3) is 0 Å². The summed E-state index contributed by atoms with van der Waals surface area (Å²) in [6.07, 6.45) is 2.11. The second-order valence-corrected chi connectivity index (χ2v) is 5.39. The molecule has 1 amide bonds. The lowest BCUT2D eigenvalue weighted by atomic mass is 9.98. The SMILES string of the molecule is CC(C)c1cccc(C(=O)N2CCCC2C)c1O. The number of hydrogen-bond donors (Lipinski definition) is 1. The summed E-state index contributed by atoms with van der Waals surface area (Å²) in [4.78, 5) is 14.3. The number of aromatic hydroxyl groups is 1. The highest BCUT2D eigenvalue weighted by Crippen LogP contribution is 2.31. The zero-order chi connectivity index (χ0) is 13.3. The molecule has 1 fully saturated rings. The van der Waals surface area contributed by atoms with Crippen molar-refractivity contribution in [3.63, 3.8) is 0 Å². The van der Waals surface area contributed by atoms with Crippen LogP contribution in [0.15, 0.2) is 18.2 Å². The highest BCUT2D eigenvalue weighted by atomic mass is 16.3. The van der Waals surface area contributed by atoms with Gasteiger partial charge in [-0.2, -0.15) is 0 Å². The third-order valence-corrected chi connectivity index (χ3v) is 3.73.